The van der Waals surface area contributed by atoms with Gasteiger partial charge >= 0.3 is 0 Å². The zero-order valence-corrected chi connectivity index (χ0v) is 17.6. The van der Waals surface area contributed by atoms with Gasteiger partial charge in [0.05, 0.1) is 11.4 Å². The van der Waals surface area contributed by atoms with Gasteiger partial charge in [-0.05, 0) is 80.1 Å². The van der Waals surface area contributed by atoms with E-state index in [1.807, 2.05) is 18.2 Å². The van der Waals surface area contributed by atoms with Crippen molar-refractivity contribution in [2.24, 2.45) is 0 Å². The second-order valence-corrected chi connectivity index (χ2v) is 8.80. The van der Waals surface area contributed by atoms with Crippen LogP contribution in [0.3, 0.4) is 0 Å². The van der Waals surface area contributed by atoms with Crippen LogP contribution >= 0.6 is 23.2 Å². The number of piperidine rings is 1. The van der Waals surface area contributed by atoms with E-state index in [4.69, 9.17) is 28.9 Å². The van der Waals surface area contributed by atoms with Crippen molar-refractivity contribution in [2.45, 2.75) is 31.6 Å². The fourth-order valence-electron chi connectivity index (χ4n) is 4.58. The third-order valence-electron chi connectivity index (χ3n) is 5.98. The number of anilines is 2. The molecule has 2 heterocycles. The largest absolute Gasteiger partial charge is 0.397 e. The second-order valence-electron chi connectivity index (χ2n) is 7.93. The van der Waals surface area contributed by atoms with Crippen LogP contribution in [-0.2, 0) is 6.42 Å². The van der Waals surface area contributed by atoms with Crippen molar-refractivity contribution in [1.82, 2.24) is 4.90 Å². The van der Waals surface area contributed by atoms with E-state index in [9.17, 15) is 0 Å². The summed E-state index contributed by atoms with van der Waals surface area (Å²) in [6.07, 6.45) is 4.43. The molecule has 0 radical (unpaired) electrons. The molecule has 0 amide bonds. The minimum absolute atomic E-state index is 0.594. The van der Waals surface area contributed by atoms with Crippen LogP contribution in [0.4, 0.5) is 11.4 Å². The molecule has 4 rings (SSSR count). The lowest BCUT2D eigenvalue weighted by atomic mass is 9.89. The number of likely N-dealkylation sites (tertiary alicyclic amines) is 1. The minimum atomic E-state index is 0.594. The fourth-order valence-corrected chi connectivity index (χ4v) is 5.03. The van der Waals surface area contributed by atoms with Crippen LogP contribution in [0.1, 0.15) is 36.3 Å². The van der Waals surface area contributed by atoms with E-state index in [1.54, 1.807) is 0 Å². The number of fused-ring (bicyclic) bond motifs is 1. The molecule has 2 aromatic carbocycles. The van der Waals surface area contributed by atoms with Gasteiger partial charge in [0, 0.05) is 28.8 Å². The van der Waals surface area contributed by atoms with Gasteiger partial charge < -0.3 is 10.6 Å². The Morgan fingerprint density at radius 1 is 1.07 bits per heavy atom. The molecule has 0 saturated carbocycles. The molecule has 0 unspecified atom stereocenters. The maximum Gasteiger partial charge on any atom is 0.0675 e. The molecule has 1 fully saturated rings. The van der Waals surface area contributed by atoms with Crippen LogP contribution in [0, 0.1) is 0 Å². The van der Waals surface area contributed by atoms with Crippen LogP contribution in [-0.4, -0.2) is 31.1 Å². The van der Waals surface area contributed by atoms with E-state index in [0.717, 1.165) is 74.0 Å². The molecule has 1 saturated heterocycles. The maximum absolute atomic E-state index is 6.31. The zero-order valence-electron chi connectivity index (χ0n) is 16.1. The number of hydrogen-bond donors (Lipinski definition) is 1. The third kappa shape index (κ3) is 4.17. The van der Waals surface area contributed by atoms with Gasteiger partial charge in [-0.15, -0.1) is 0 Å². The third-order valence-corrected chi connectivity index (χ3v) is 6.43. The summed E-state index contributed by atoms with van der Waals surface area (Å²) in [4.78, 5) is 4.80. The number of nitrogens with two attached hydrogens (primary N) is 1. The molecule has 0 spiro atoms. The van der Waals surface area contributed by atoms with Crippen LogP contribution < -0.4 is 10.6 Å². The van der Waals surface area contributed by atoms with Gasteiger partial charge in [0.15, 0.2) is 0 Å². The molecule has 0 atom stereocenters. The van der Waals surface area contributed by atoms with Crippen molar-refractivity contribution in [1.29, 1.82) is 0 Å². The number of halogens is 2. The summed E-state index contributed by atoms with van der Waals surface area (Å²) in [5.41, 5.74) is 11.9. The lowest BCUT2D eigenvalue weighted by Gasteiger charge is -2.38. The molecule has 148 valence electrons. The molecular formula is C23H27Cl2N3. The Balaban J connectivity index is 1.40. The zero-order chi connectivity index (χ0) is 19.7. The number of aryl methyl sites for hydroxylation is 1. The van der Waals surface area contributed by atoms with Crippen molar-refractivity contribution in [3.05, 3.63) is 69.8 Å². The molecular weight excluding hydrogens is 389 g/mol. The number of nitrogens with zero attached hydrogens (tertiary/aromatic N) is 2. The SMILES string of the molecule is C=C(CN1CCC(c2cccc(Cl)c2)CC1)N1CCCc2cc(Cl)cc(N)c21. The summed E-state index contributed by atoms with van der Waals surface area (Å²) in [7, 11) is 0. The summed E-state index contributed by atoms with van der Waals surface area (Å²) in [6.45, 7) is 8.40. The Morgan fingerprint density at radius 2 is 1.86 bits per heavy atom. The Hall–Kier alpha value is -1.68. The van der Waals surface area contributed by atoms with E-state index < -0.39 is 0 Å². The first-order valence-electron chi connectivity index (χ1n) is 10.0. The van der Waals surface area contributed by atoms with Gasteiger partial charge in [0.2, 0.25) is 0 Å². The molecule has 0 aliphatic carbocycles. The van der Waals surface area contributed by atoms with Gasteiger partial charge in [0.25, 0.3) is 0 Å². The fraction of sp³-hybridized carbons (Fsp3) is 0.391. The van der Waals surface area contributed by atoms with Gasteiger partial charge in [-0.2, -0.15) is 0 Å². The molecule has 28 heavy (non-hydrogen) atoms. The van der Waals surface area contributed by atoms with E-state index in [2.05, 4.69) is 34.6 Å². The molecule has 2 aliphatic rings. The Morgan fingerprint density at radius 3 is 2.61 bits per heavy atom. The van der Waals surface area contributed by atoms with Gasteiger partial charge in [-0.1, -0.05) is 41.9 Å². The van der Waals surface area contributed by atoms with E-state index in [1.165, 1.54) is 11.1 Å². The quantitative estimate of drug-likeness (QED) is 0.647. The number of nitrogen functional groups attached to an aromatic ring is 1. The van der Waals surface area contributed by atoms with E-state index >= 15 is 0 Å². The first kappa shape index (κ1) is 19.6. The predicted molar refractivity (Wildman–Crippen MR) is 121 cm³/mol. The lowest BCUT2D eigenvalue weighted by molar-refractivity contribution is 0.227. The highest BCUT2D eigenvalue weighted by atomic mass is 35.5. The van der Waals surface area contributed by atoms with Crippen LogP contribution in [0.15, 0.2) is 48.7 Å². The highest BCUT2D eigenvalue weighted by molar-refractivity contribution is 6.31. The van der Waals surface area contributed by atoms with Crippen LogP contribution in [0.5, 0.6) is 0 Å². The molecule has 0 aromatic heterocycles. The molecule has 2 aliphatic heterocycles. The molecule has 2 aromatic rings. The number of rotatable bonds is 4. The van der Waals surface area contributed by atoms with Crippen molar-refractivity contribution in [3.8, 4) is 0 Å². The average molecular weight is 416 g/mol. The Labute approximate surface area is 177 Å². The average Bonchev–Trinajstić information content (AvgIpc) is 2.68. The topological polar surface area (TPSA) is 32.5 Å². The number of hydrogen-bond acceptors (Lipinski definition) is 3. The van der Waals surface area contributed by atoms with Gasteiger partial charge in [-0.3, -0.25) is 4.90 Å². The maximum atomic E-state index is 6.31. The van der Waals surface area contributed by atoms with E-state index in [0.29, 0.717) is 10.9 Å². The van der Waals surface area contributed by atoms with Gasteiger partial charge in [0.1, 0.15) is 0 Å². The summed E-state index contributed by atoms with van der Waals surface area (Å²) in [6, 6.07) is 12.2. The Bertz CT molecular complexity index is 872. The summed E-state index contributed by atoms with van der Waals surface area (Å²) < 4.78 is 0. The summed E-state index contributed by atoms with van der Waals surface area (Å²) in [5.74, 6) is 0.594. The Kier molecular flexibility index (Phi) is 5.86. The first-order valence-corrected chi connectivity index (χ1v) is 10.8. The lowest BCUT2D eigenvalue weighted by Crippen LogP contribution is -2.39. The molecule has 0 bridgehead atoms. The van der Waals surface area contributed by atoms with Gasteiger partial charge in [-0.25, -0.2) is 0 Å². The molecule has 5 heteroatoms. The van der Waals surface area contributed by atoms with E-state index in [-0.39, 0.29) is 0 Å². The van der Waals surface area contributed by atoms with Crippen LogP contribution in [0.25, 0.3) is 0 Å². The molecule has 2 N–H and O–H groups in total. The molecule has 3 nitrogen and oxygen atoms in total. The minimum Gasteiger partial charge on any atom is -0.397 e. The summed E-state index contributed by atoms with van der Waals surface area (Å²) >= 11 is 12.4. The first-order chi connectivity index (χ1) is 13.5. The highest BCUT2D eigenvalue weighted by Gasteiger charge is 2.25. The standard InChI is InChI=1S/C23H27Cl2N3/c1-16(28-9-3-5-19-13-21(25)14-22(26)23(19)28)15-27-10-7-17(8-11-27)18-4-2-6-20(24)12-18/h2,4,6,12-14,17H,1,3,5,7-11,15,26H2. The van der Waals surface area contributed by atoms with Crippen molar-refractivity contribution in [3.63, 3.8) is 0 Å². The van der Waals surface area contributed by atoms with Crippen LogP contribution in [0.2, 0.25) is 10.0 Å². The smallest absolute Gasteiger partial charge is 0.0675 e. The van der Waals surface area contributed by atoms with Crippen molar-refractivity contribution < 1.29 is 0 Å². The normalized spacial score (nSPS) is 18.1. The number of benzene rings is 2. The van der Waals surface area contributed by atoms with Crippen molar-refractivity contribution in [2.75, 3.05) is 36.8 Å². The van der Waals surface area contributed by atoms with Crippen molar-refractivity contribution >= 4 is 34.6 Å². The predicted octanol–water partition coefficient (Wildman–Crippen LogP) is 5.72. The summed E-state index contributed by atoms with van der Waals surface area (Å²) in [5, 5.41) is 1.54. The monoisotopic (exact) mass is 415 g/mol. The highest BCUT2D eigenvalue weighted by Crippen LogP contribution is 2.38. The second kappa shape index (κ2) is 8.36.